The smallest absolute Gasteiger partial charge is 0.238 e. The molecule has 1 amide bonds. The first kappa shape index (κ1) is 16.3. The van der Waals surface area contributed by atoms with E-state index in [0.717, 1.165) is 5.56 Å². The largest absolute Gasteiger partial charge is 0.409 e. The van der Waals surface area contributed by atoms with Crippen LogP contribution in [0.5, 0.6) is 0 Å². The Morgan fingerprint density at radius 3 is 2.70 bits per heavy atom. The fourth-order valence-corrected chi connectivity index (χ4v) is 1.89. The Balaban J connectivity index is 2.73. The molecule has 6 nitrogen and oxygen atoms in total. The van der Waals surface area contributed by atoms with Crippen LogP contribution < -0.4 is 11.1 Å². The van der Waals surface area contributed by atoms with Gasteiger partial charge in [-0.25, -0.2) is 0 Å². The lowest BCUT2D eigenvalue weighted by Crippen LogP contribution is -2.41. The van der Waals surface area contributed by atoms with E-state index in [4.69, 9.17) is 22.5 Å². The molecule has 1 unspecified atom stereocenters. The topological polar surface area (TPSA) is 91.0 Å². The third kappa shape index (κ3) is 4.11. The van der Waals surface area contributed by atoms with Gasteiger partial charge in [0.25, 0.3) is 0 Å². The van der Waals surface area contributed by atoms with E-state index in [0.29, 0.717) is 17.1 Å². The van der Waals surface area contributed by atoms with Gasteiger partial charge in [0.15, 0.2) is 5.84 Å². The lowest BCUT2D eigenvalue weighted by molar-refractivity contribution is -0.130. The second kappa shape index (κ2) is 7.12. The number of likely N-dealkylation sites (N-methyl/N-ethyl adjacent to an activating group) is 1. The van der Waals surface area contributed by atoms with E-state index in [9.17, 15) is 4.79 Å². The summed E-state index contributed by atoms with van der Waals surface area (Å²) in [6.45, 7) is 2.25. The molecule has 0 aromatic heterocycles. The van der Waals surface area contributed by atoms with Gasteiger partial charge < -0.3 is 21.2 Å². The first-order chi connectivity index (χ1) is 9.36. The lowest BCUT2D eigenvalue weighted by Gasteiger charge is -2.18. The van der Waals surface area contributed by atoms with E-state index in [2.05, 4.69) is 10.5 Å². The van der Waals surface area contributed by atoms with E-state index in [1.165, 1.54) is 4.90 Å². The summed E-state index contributed by atoms with van der Waals surface area (Å²) in [6, 6.07) is 4.79. The summed E-state index contributed by atoms with van der Waals surface area (Å²) in [5.74, 6) is -0.00281. The third-order valence-corrected chi connectivity index (χ3v) is 3.22. The molecule has 0 aliphatic rings. The fourth-order valence-electron chi connectivity index (χ4n) is 1.65. The summed E-state index contributed by atoms with van der Waals surface area (Å²) in [4.78, 5) is 13.2. The Morgan fingerprint density at radius 1 is 1.55 bits per heavy atom. The van der Waals surface area contributed by atoms with Crippen molar-refractivity contribution in [3.8, 4) is 0 Å². The van der Waals surface area contributed by atoms with Crippen LogP contribution in [0.4, 0.5) is 0 Å². The van der Waals surface area contributed by atoms with Crippen molar-refractivity contribution in [1.82, 2.24) is 10.2 Å². The predicted octanol–water partition coefficient (Wildman–Crippen LogP) is 1.00. The van der Waals surface area contributed by atoms with Crippen LogP contribution in [0.25, 0.3) is 0 Å². The maximum Gasteiger partial charge on any atom is 0.238 e. The maximum absolute atomic E-state index is 11.7. The average Bonchev–Trinajstić information content (AvgIpc) is 2.43. The van der Waals surface area contributed by atoms with Crippen LogP contribution in [0.1, 0.15) is 18.1 Å². The number of benzene rings is 1. The molecule has 110 valence electrons. The van der Waals surface area contributed by atoms with Crippen LogP contribution in [0.3, 0.4) is 0 Å². The van der Waals surface area contributed by atoms with Crippen molar-refractivity contribution in [2.75, 3.05) is 14.1 Å². The summed E-state index contributed by atoms with van der Waals surface area (Å²) in [7, 11) is 3.42. The highest BCUT2D eigenvalue weighted by molar-refractivity contribution is 6.31. The zero-order chi connectivity index (χ0) is 15.3. The molecular formula is C13H19ClN4O2. The summed E-state index contributed by atoms with van der Waals surface area (Å²) < 4.78 is 0. The van der Waals surface area contributed by atoms with Crippen LogP contribution in [0.2, 0.25) is 5.02 Å². The molecule has 0 radical (unpaired) electrons. The first-order valence-electron chi connectivity index (χ1n) is 6.07. The zero-order valence-corrected chi connectivity index (χ0v) is 12.5. The standard InChI is InChI=1S/C13H19ClN4O2/c1-8(13(19)18(2)3)16-7-10-5-4-9(6-11(10)14)12(15)17-20/h4-6,8,16,20H,7H2,1-3H3,(H2,15,17). The lowest BCUT2D eigenvalue weighted by atomic mass is 10.1. The molecule has 0 bridgehead atoms. The van der Waals surface area contributed by atoms with Gasteiger partial charge in [0.05, 0.1) is 6.04 Å². The van der Waals surface area contributed by atoms with Crippen LogP contribution >= 0.6 is 11.6 Å². The van der Waals surface area contributed by atoms with Crippen molar-refractivity contribution in [3.05, 3.63) is 34.3 Å². The Kier molecular flexibility index (Phi) is 5.79. The molecule has 7 heteroatoms. The number of carbonyl (C=O) groups is 1. The average molecular weight is 299 g/mol. The van der Waals surface area contributed by atoms with Gasteiger partial charge in [-0.2, -0.15) is 0 Å². The van der Waals surface area contributed by atoms with Gasteiger partial charge in [0.1, 0.15) is 0 Å². The first-order valence-corrected chi connectivity index (χ1v) is 6.45. The van der Waals surface area contributed by atoms with Gasteiger partial charge in [-0.3, -0.25) is 4.79 Å². The second-order valence-corrected chi connectivity index (χ2v) is 5.03. The summed E-state index contributed by atoms with van der Waals surface area (Å²) in [5.41, 5.74) is 6.86. The van der Waals surface area contributed by atoms with E-state index in [-0.39, 0.29) is 17.8 Å². The number of amides is 1. The molecule has 20 heavy (non-hydrogen) atoms. The van der Waals surface area contributed by atoms with Gasteiger partial charge in [0, 0.05) is 31.2 Å². The predicted molar refractivity (Wildman–Crippen MR) is 79.0 cm³/mol. The zero-order valence-electron chi connectivity index (χ0n) is 11.7. The molecule has 0 saturated carbocycles. The van der Waals surface area contributed by atoms with Crippen molar-refractivity contribution < 1.29 is 10.0 Å². The minimum absolute atomic E-state index is 0.00237. The number of hydrogen-bond donors (Lipinski definition) is 3. The molecule has 0 saturated heterocycles. The molecule has 0 aliphatic carbocycles. The number of amidine groups is 1. The highest BCUT2D eigenvalue weighted by Crippen LogP contribution is 2.18. The third-order valence-electron chi connectivity index (χ3n) is 2.87. The second-order valence-electron chi connectivity index (χ2n) is 4.63. The highest BCUT2D eigenvalue weighted by Gasteiger charge is 2.14. The van der Waals surface area contributed by atoms with Crippen LogP contribution in [0.15, 0.2) is 23.4 Å². The van der Waals surface area contributed by atoms with Gasteiger partial charge in [-0.05, 0) is 18.6 Å². The van der Waals surface area contributed by atoms with Gasteiger partial charge in [0.2, 0.25) is 5.91 Å². The van der Waals surface area contributed by atoms with Gasteiger partial charge in [-0.1, -0.05) is 28.9 Å². The number of carbonyl (C=O) groups excluding carboxylic acids is 1. The van der Waals surface area contributed by atoms with Crippen molar-refractivity contribution >= 4 is 23.3 Å². The molecule has 0 fully saturated rings. The molecule has 1 atom stereocenters. The van der Waals surface area contributed by atoms with Crippen molar-refractivity contribution in [1.29, 1.82) is 0 Å². The molecule has 1 aromatic carbocycles. The molecule has 0 heterocycles. The van der Waals surface area contributed by atoms with Crippen LogP contribution in [0, 0.1) is 0 Å². The van der Waals surface area contributed by atoms with Crippen molar-refractivity contribution in [2.45, 2.75) is 19.5 Å². The molecular weight excluding hydrogens is 280 g/mol. The van der Waals surface area contributed by atoms with Crippen molar-refractivity contribution in [3.63, 3.8) is 0 Å². The number of nitrogens with zero attached hydrogens (tertiary/aromatic N) is 2. The molecule has 1 aromatic rings. The number of halogens is 1. The quantitative estimate of drug-likeness (QED) is 0.327. The van der Waals surface area contributed by atoms with Gasteiger partial charge >= 0.3 is 0 Å². The number of rotatable bonds is 5. The number of oxime groups is 1. The number of hydrogen-bond acceptors (Lipinski definition) is 4. The molecule has 0 aliphatic heterocycles. The summed E-state index contributed by atoms with van der Waals surface area (Å²) in [6.07, 6.45) is 0. The normalized spacial score (nSPS) is 13.1. The van der Waals surface area contributed by atoms with Crippen LogP contribution in [-0.2, 0) is 11.3 Å². The number of nitrogens with one attached hydrogen (secondary N) is 1. The molecule has 1 rings (SSSR count). The van der Waals surface area contributed by atoms with E-state index >= 15 is 0 Å². The Morgan fingerprint density at radius 2 is 2.20 bits per heavy atom. The highest BCUT2D eigenvalue weighted by atomic mass is 35.5. The summed E-state index contributed by atoms with van der Waals surface area (Å²) in [5, 5.41) is 15.1. The van der Waals surface area contributed by atoms with E-state index < -0.39 is 0 Å². The Bertz CT molecular complexity index is 517. The fraction of sp³-hybridized carbons (Fsp3) is 0.385. The van der Waals surface area contributed by atoms with Gasteiger partial charge in [-0.15, -0.1) is 0 Å². The minimum atomic E-state index is -0.301. The SMILES string of the molecule is CC(NCc1ccc(/C(N)=N/O)cc1Cl)C(=O)N(C)C. The summed E-state index contributed by atoms with van der Waals surface area (Å²) >= 11 is 6.13. The molecule has 0 spiro atoms. The van der Waals surface area contributed by atoms with Crippen molar-refractivity contribution in [2.24, 2.45) is 10.9 Å². The Hall–Kier alpha value is -1.79. The van der Waals surface area contributed by atoms with Crippen LogP contribution in [-0.4, -0.2) is 42.0 Å². The monoisotopic (exact) mass is 298 g/mol. The van der Waals surface area contributed by atoms with E-state index in [1.807, 2.05) is 0 Å². The molecule has 4 N–H and O–H groups in total. The number of nitrogens with two attached hydrogens (primary N) is 1. The maximum atomic E-state index is 11.7. The Labute approximate surface area is 123 Å². The van der Waals surface area contributed by atoms with E-state index in [1.54, 1.807) is 39.2 Å². The minimum Gasteiger partial charge on any atom is -0.409 e.